The number of carbonyl (C=O) groups is 3. The number of ether oxygens (including phenoxy) is 1. The van der Waals surface area contributed by atoms with Crippen LogP contribution < -0.4 is 5.32 Å². The lowest BCUT2D eigenvalue weighted by Crippen LogP contribution is -2.36. The van der Waals surface area contributed by atoms with E-state index in [4.69, 9.17) is 4.74 Å². The van der Waals surface area contributed by atoms with Gasteiger partial charge in [-0.25, -0.2) is 5.01 Å². The number of nitrogens with one attached hydrogen (secondary N) is 1. The minimum absolute atomic E-state index is 0.0362. The minimum Gasteiger partial charge on any atom is -0.466 e. The molecule has 206 valence electrons. The summed E-state index contributed by atoms with van der Waals surface area (Å²) in [5.41, 5.74) is 2.76. The van der Waals surface area contributed by atoms with Crippen molar-refractivity contribution in [2.75, 3.05) is 13.2 Å². The van der Waals surface area contributed by atoms with E-state index in [0.717, 1.165) is 61.6 Å². The molecule has 7 heteroatoms. The van der Waals surface area contributed by atoms with Crippen LogP contribution in [0, 0.1) is 11.3 Å². The molecule has 2 amide bonds. The van der Waals surface area contributed by atoms with Crippen molar-refractivity contribution in [3.63, 3.8) is 0 Å². The van der Waals surface area contributed by atoms with Gasteiger partial charge < -0.3 is 10.1 Å². The summed E-state index contributed by atoms with van der Waals surface area (Å²) in [6.45, 7) is 2.67. The molecule has 2 aliphatic carbocycles. The third-order valence-electron chi connectivity index (χ3n) is 8.66. The standard InChI is InChI=1S/C32H39N3O4/c1-23(36)32(18-19-32)17-7-8-20-33-30(38)29(25-9-5-6-10-25)26-15-13-24(14-16-26)21-35-28(37)22-39-31(34-35)27-11-3-2-4-12-27/h2-4,11-16,25,29H,5-10,17-22H2,1H3,(H,33,38). The maximum atomic E-state index is 13.4. The summed E-state index contributed by atoms with van der Waals surface area (Å²) in [7, 11) is 0. The van der Waals surface area contributed by atoms with E-state index in [1.165, 1.54) is 17.9 Å². The van der Waals surface area contributed by atoms with Gasteiger partial charge in [0.15, 0.2) is 6.61 Å². The normalized spacial score (nSPS) is 19.3. The predicted molar refractivity (Wildman–Crippen MR) is 150 cm³/mol. The molecule has 1 aliphatic heterocycles. The van der Waals surface area contributed by atoms with E-state index in [2.05, 4.69) is 10.4 Å². The number of hydrogen-bond donors (Lipinski definition) is 1. The molecule has 2 aromatic carbocycles. The van der Waals surface area contributed by atoms with Gasteiger partial charge in [-0.1, -0.05) is 61.7 Å². The van der Waals surface area contributed by atoms with Gasteiger partial charge in [-0.3, -0.25) is 14.4 Å². The smallest absolute Gasteiger partial charge is 0.281 e. The van der Waals surface area contributed by atoms with Crippen LogP contribution in [-0.2, 0) is 25.7 Å². The lowest BCUT2D eigenvalue weighted by molar-refractivity contribution is -0.136. The molecule has 0 bridgehead atoms. The zero-order chi connectivity index (χ0) is 27.2. The van der Waals surface area contributed by atoms with Crippen LogP contribution >= 0.6 is 0 Å². The molecule has 2 aromatic rings. The fourth-order valence-corrected chi connectivity index (χ4v) is 6.01. The number of rotatable bonds is 12. The summed E-state index contributed by atoms with van der Waals surface area (Å²) in [5, 5.41) is 9.10. The van der Waals surface area contributed by atoms with E-state index >= 15 is 0 Å². The fraction of sp³-hybridized carbons (Fsp3) is 0.500. The highest BCUT2D eigenvalue weighted by Crippen LogP contribution is 2.50. The third-order valence-corrected chi connectivity index (χ3v) is 8.66. The first kappa shape index (κ1) is 27.1. The van der Waals surface area contributed by atoms with E-state index in [1.807, 2.05) is 54.6 Å². The van der Waals surface area contributed by atoms with Crippen LogP contribution in [0.1, 0.15) is 87.3 Å². The van der Waals surface area contributed by atoms with E-state index in [9.17, 15) is 14.4 Å². The van der Waals surface area contributed by atoms with Crippen LogP contribution in [0.15, 0.2) is 59.7 Å². The molecule has 1 N–H and O–H groups in total. The summed E-state index contributed by atoms with van der Waals surface area (Å²) >= 11 is 0. The van der Waals surface area contributed by atoms with E-state index in [1.54, 1.807) is 6.92 Å². The van der Waals surface area contributed by atoms with E-state index in [0.29, 0.717) is 30.7 Å². The molecule has 1 unspecified atom stereocenters. The molecule has 39 heavy (non-hydrogen) atoms. The minimum atomic E-state index is -0.183. The van der Waals surface area contributed by atoms with Crippen molar-refractivity contribution >= 4 is 23.5 Å². The molecule has 1 atom stereocenters. The molecule has 5 rings (SSSR count). The van der Waals surface area contributed by atoms with Crippen LogP contribution in [0.25, 0.3) is 0 Å². The number of hydrazone groups is 1. The molecule has 1 heterocycles. The van der Waals surface area contributed by atoms with Gasteiger partial charge in [0.25, 0.3) is 5.91 Å². The predicted octanol–water partition coefficient (Wildman–Crippen LogP) is 5.34. The first-order chi connectivity index (χ1) is 18.9. The van der Waals surface area contributed by atoms with Gasteiger partial charge in [0.2, 0.25) is 11.8 Å². The van der Waals surface area contributed by atoms with Crippen molar-refractivity contribution in [3.8, 4) is 0 Å². The Morgan fingerprint density at radius 3 is 2.44 bits per heavy atom. The molecule has 2 saturated carbocycles. The average Bonchev–Trinajstić information content (AvgIpc) is 3.56. The Labute approximate surface area is 231 Å². The Morgan fingerprint density at radius 2 is 1.77 bits per heavy atom. The first-order valence-electron chi connectivity index (χ1n) is 14.4. The van der Waals surface area contributed by atoms with Gasteiger partial charge in [0, 0.05) is 17.5 Å². The van der Waals surface area contributed by atoms with Crippen molar-refractivity contribution in [1.82, 2.24) is 10.3 Å². The van der Waals surface area contributed by atoms with Gasteiger partial charge in [-0.05, 0) is 74.6 Å². The van der Waals surface area contributed by atoms with Crippen LogP contribution in [0.4, 0.5) is 0 Å². The van der Waals surface area contributed by atoms with Crippen molar-refractivity contribution in [1.29, 1.82) is 0 Å². The summed E-state index contributed by atoms with van der Waals surface area (Å²) in [5.74, 6) is 0.861. The fourth-order valence-electron chi connectivity index (χ4n) is 6.01. The molecule has 2 fully saturated rings. The Hall–Kier alpha value is -3.48. The lowest BCUT2D eigenvalue weighted by Gasteiger charge is -2.25. The highest BCUT2D eigenvalue weighted by atomic mass is 16.5. The van der Waals surface area contributed by atoms with Crippen molar-refractivity contribution in [3.05, 3.63) is 71.3 Å². The van der Waals surface area contributed by atoms with Crippen LogP contribution in [-0.4, -0.2) is 41.7 Å². The molecular weight excluding hydrogens is 490 g/mol. The number of ketones is 1. The Balaban J connectivity index is 1.20. The van der Waals surface area contributed by atoms with Crippen LogP contribution in [0.2, 0.25) is 0 Å². The van der Waals surface area contributed by atoms with Gasteiger partial charge in [-0.15, -0.1) is 5.10 Å². The molecule has 0 aromatic heterocycles. The molecule has 0 radical (unpaired) electrons. The topological polar surface area (TPSA) is 88.1 Å². The van der Waals surface area contributed by atoms with E-state index < -0.39 is 0 Å². The molecule has 0 saturated heterocycles. The van der Waals surface area contributed by atoms with Gasteiger partial charge in [-0.2, -0.15) is 0 Å². The lowest BCUT2D eigenvalue weighted by atomic mass is 9.83. The number of benzene rings is 2. The highest BCUT2D eigenvalue weighted by molar-refractivity contribution is 5.97. The van der Waals surface area contributed by atoms with Gasteiger partial charge in [0.05, 0.1) is 12.5 Å². The maximum Gasteiger partial charge on any atom is 0.281 e. The monoisotopic (exact) mass is 529 g/mol. The second-order valence-electron chi connectivity index (χ2n) is 11.4. The summed E-state index contributed by atoms with van der Waals surface area (Å²) in [4.78, 5) is 37.7. The highest BCUT2D eigenvalue weighted by Gasteiger charge is 2.46. The molecule has 0 spiro atoms. The van der Waals surface area contributed by atoms with Crippen molar-refractivity contribution < 1.29 is 19.1 Å². The largest absolute Gasteiger partial charge is 0.466 e. The zero-order valence-corrected chi connectivity index (χ0v) is 22.9. The molecule has 7 nitrogen and oxygen atoms in total. The van der Waals surface area contributed by atoms with E-state index in [-0.39, 0.29) is 29.8 Å². The summed E-state index contributed by atoms with van der Waals surface area (Å²) in [6.07, 6.45) is 9.33. The molecule has 3 aliphatic rings. The Kier molecular flexibility index (Phi) is 8.44. The first-order valence-corrected chi connectivity index (χ1v) is 14.4. The second kappa shape index (κ2) is 12.1. The zero-order valence-electron chi connectivity index (χ0n) is 22.9. The summed E-state index contributed by atoms with van der Waals surface area (Å²) < 4.78 is 5.55. The van der Waals surface area contributed by atoms with Crippen LogP contribution in [0.3, 0.4) is 0 Å². The Morgan fingerprint density at radius 1 is 1.05 bits per heavy atom. The number of Topliss-reactive ketones (excluding diaryl/α,β-unsaturated/α-hetero) is 1. The third kappa shape index (κ3) is 6.57. The number of nitrogens with zero attached hydrogens (tertiary/aromatic N) is 2. The van der Waals surface area contributed by atoms with Crippen molar-refractivity contribution in [2.24, 2.45) is 16.4 Å². The molecular formula is C32H39N3O4. The SMILES string of the molecule is CC(=O)C1(CCCCNC(=O)C(c2ccc(CN3N=C(c4ccccc4)OCC3=O)cc2)C2CCCC2)CC1. The number of amides is 2. The van der Waals surface area contributed by atoms with Crippen molar-refractivity contribution in [2.45, 2.75) is 77.2 Å². The maximum absolute atomic E-state index is 13.4. The van der Waals surface area contributed by atoms with Gasteiger partial charge in [0.1, 0.15) is 5.78 Å². The number of hydrogen-bond acceptors (Lipinski definition) is 5. The summed E-state index contributed by atoms with van der Waals surface area (Å²) in [6, 6.07) is 17.6. The number of unbranched alkanes of at least 4 members (excludes halogenated alkanes) is 1. The quantitative estimate of drug-likeness (QED) is 0.376. The average molecular weight is 530 g/mol. The van der Waals surface area contributed by atoms with Crippen LogP contribution in [0.5, 0.6) is 0 Å². The van der Waals surface area contributed by atoms with Gasteiger partial charge >= 0.3 is 0 Å². The second-order valence-corrected chi connectivity index (χ2v) is 11.4. The number of carbonyl (C=O) groups excluding carboxylic acids is 3. The Bertz CT molecular complexity index is 1200.